The number of para-hydroxylation sites is 1. The number of hydrogen-bond donors (Lipinski definition) is 0. The summed E-state index contributed by atoms with van der Waals surface area (Å²) in [5, 5.41) is 0. The van der Waals surface area contributed by atoms with Gasteiger partial charge in [0.1, 0.15) is 18.0 Å². The molecule has 2 atom stereocenters. The summed E-state index contributed by atoms with van der Waals surface area (Å²) in [4.78, 5) is 11.0. The molecule has 0 radical (unpaired) electrons. The first-order valence-electron chi connectivity index (χ1n) is 5.70. The van der Waals surface area contributed by atoms with Crippen LogP contribution in [0.1, 0.15) is 12.8 Å². The molecule has 1 aromatic carbocycles. The van der Waals surface area contributed by atoms with Gasteiger partial charge in [0.15, 0.2) is 0 Å². The Labute approximate surface area is 106 Å². The molecule has 5 nitrogen and oxygen atoms in total. The van der Waals surface area contributed by atoms with Gasteiger partial charge in [-0.15, -0.1) is 0 Å². The monoisotopic (exact) mass is 270 g/mol. The second kappa shape index (κ2) is 5.55. The van der Waals surface area contributed by atoms with Crippen LogP contribution in [0.25, 0.3) is 0 Å². The first-order chi connectivity index (χ1) is 8.64. The zero-order valence-electron chi connectivity index (χ0n) is 10.1. The number of carbonyl (C=O) groups excluding carboxylic acids is 1. The van der Waals surface area contributed by atoms with Crippen molar-refractivity contribution in [2.24, 2.45) is 0 Å². The Morgan fingerprint density at radius 2 is 2.06 bits per heavy atom. The Morgan fingerprint density at radius 1 is 1.33 bits per heavy atom. The molecule has 0 amide bonds. The molecule has 0 bridgehead atoms. The lowest BCUT2D eigenvalue weighted by atomic mass is 10.2. The van der Waals surface area contributed by atoms with Gasteiger partial charge in [0, 0.05) is 13.5 Å². The van der Waals surface area contributed by atoms with E-state index in [2.05, 4.69) is 0 Å². The van der Waals surface area contributed by atoms with Crippen LogP contribution in [0.15, 0.2) is 30.3 Å². The third-order valence-corrected chi connectivity index (χ3v) is 5.07. The van der Waals surface area contributed by atoms with Gasteiger partial charge in [0.25, 0.3) is 0 Å². The molecular formula is C12H15O5P. The van der Waals surface area contributed by atoms with E-state index in [1.165, 1.54) is 7.11 Å². The van der Waals surface area contributed by atoms with Crippen LogP contribution in [-0.2, 0) is 18.6 Å². The molecule has 18 heavy (non-hydrogen) atoms. The summed E-state index contributed by atoms with van der Waals surface area (Å²) in [6, 6.07) is 8.83. The van der Waals surface area contributed by atoms with Gasteiger partial charge in [-0.1, -0.05) is 18.2 Å². The van der Waals surface area contributed by atoms with Gasteiger partial charge in [-0.25, -0.2) is 4.57 Å². The van der Waals surface area contributed by atoms with E-state index in [1.807, 2.05) is 6.07 Å². The van der Waals surface area contributed by atoms with Gasteiger partial charge < -0.3 is 13.8 Å². The predicted molar refractivity (Wildman–Crippen MR) is 65.7 cm³/mol. The minimum absolute atomic E-state index is 0.0801. The zero-order chi connectivity index (χ0) is 13.0. The van der Waals surface area contributed by atoms with E-state index >= 15 is 0 Å². The van der Waals surface area contributed by atoms with Crippen LogP contribution >= 0.6 is 7.60 Å². The second-order valence-corrected chi connectivity index (χ2v) is 6.36. The molecule has 6 heteroatoms. The molecule has 0 aliphatic carbocycles. The van der Waals surface area contributed by atoms with Crippen molar-refractivity contribution in [3.05, 3.63) is 30.3 Å². The lowest BCUT2D eigenvalue weighted by Crippen LogP contribution is -2.28. The highest BCUT2D eigenvalue weighted by Crippen LogP contribution is 2.54. The van der Waals surface area contributed by atoms with Gasteiger partial charge in [-0.3, -0.25) is 4.79 Å². The average molecular weight is 270 g/mol. The van der Waals surface area contributed by atoms with Gasteiger partial charge in [0.05, 0.1) is 0 Å². The van der Waals surface area contributed by atoms with Crippen molar-refractivity contribution < 1.29 is 23.1 Å². The summed E-state index contributed by atoms with van der Waals surface area (Å²) < 4.78 is 28.0. The van der Waals surface area contributed by atoms with E-state index in [4.69, 9.17) is 13.8 Å². The van der Waals surface area contributed by atoms with Crippen molar-refractivity contribution in [2.45, 2.75) is 18.5 Å². The lowest BCUT2D eigenvalue weighted by Gasteiger charge is -2.28. The number of esters is 1. The van der Waals surface area contributed by atoms with Crippen molar-refractivity contribution in [2.75, 3.05) is 13.7 Å². The number of cyclic esters (lactones) is 1. The van der Waals surface area contributed by atoms with Gasteiger partial charge in [0.2, 0.25) is 0 Å². The van der Waals surface area contributed by atoms with Gasteiger partial charge in [-0.2, -0.15) is 0 Å². The topological polar surface area (TPSA) is 61.8 Å². The zero-order valence-corrected chi connectivity index (χ0v) is 11.0. The molecule has 2 unspecified atom stereocenters. The molecule has 0 spiro atoms. The van der Waals surface area contributed by atoms with E-state index in [0.29, 0.717) is 12.2 Å². The molecule has 1 aliphatic heterocycles. The maximum atomic E-state index is 12.6. The molecule has 98 valence electrons. The average Bonchev–Trinajstić information content (AvgIpc) is 2.40. The highest BCUT2D eigenvalue weighted by molar-refractivity contribution is 7.55. The summed E-state index contributed by atoms with van der Waals surface area (Å²) in [5.41, 5.74) is -0.402. The van der Waals surface area contributed by atoms with E-state index in [0.717, 1.165) is 0 Å². The van der Waals surface area contributed by atoms with Crippen molar-refractivity contribution >= 4 is 13.6 Å². The van der Waals surface area contributed by atoms with Crippen LogP contribution in [0, 0.1) is 0 Å². The molecule has 0 saturated carbocycles. The van der Waals surface area contributed by atoms with Crippen molar-refractivity contribution in [3.8, 4) is 5.75 Å². The SMILES string of the molecule is COP(=O)(Oc1ccccc1)C1CCC(=O)OC1. The van der Waals surface area contributed by atoms with E-state index in [9.17, 15) is 9.36 Å². The number of benzene rings is 1. The van der Waals surface area contributed by atoms with E-state index in [1.54, 1.807) is 24.3 Å². The van der Waals surface area contributed by atoms with Crippen molar-refractivity contribution in [1.29, 1.82) is 0 Å². The Hall–Kier alpha value is -1.32. The number of hydrogen-bond acceptors (Lipinski definition) is 5. The maximum absolute atomic E-state index is 12.6. The Bertz CT molecular complexity index is 449. The predicted octanol–water partition coefficient (Wildman–Crippen LogP) is 2.61. The fraction of sp³-hybridized carbons (Fsp3) is 0.417. The molecule has 0 N–H and O–H groups in total. The Balaban J connectivity index is 2.10. The lowest BCUT2D eigenvalue weighted by molar-refractivity contribution is -0.146. The molecule has 1 fully saturated rings. The third kappa shape index (κ3) is 2.92. The highest BCUT2D eigenvalue weighted by atomic mass is 31.2. The van der Waals surface area contributed by atoms with Crippen LogP contribution in [0.4, 0.5) is 0 Å². The Morgan fingerprint density at radius 3 is 2.61 bits per heavy atom. The molecule has 0 aromatic heterocycles. The molecule has 1 heterocycles. The first-order valence-corrected chi connectivity index (χ1v) is 7.31. The summed E-state index contributed by atoms with van der Waals surface area (Å²) in [5.74, 6) is 0.216. The molecular weight excluding hydrogens is 255 g/mol. The van der Waals surface area contributed by atoms with Gasteiger partial charge in [-0.05, 0) is 18.6 Å². The summed E-state index contributed by atoms with van der Waals surface area (Å²) in [7, 11) is -1.95. The summed E-state index contributed by atoms with van der Waals surface area (Å²) >= 11 is 0. The number of ether oxygens (including phenoxy) is 1. The molecule has 1 aliphatic rings. The summed E-state index contributed by atoms with van der Waals surface area (Å²) in [6.45, 7) is 0.0801. The number of carbonyl (C=O) groups is 1. The normalized spacial score (nSPS) is 22.9. The Kier molecular flexibility index (Phi) is 4.04. The fourth-order valence-electron chi connectivity index (χ4n) is 1.77. The molecule has 1 aromatic rings. The maximum Gasteiger partial charge on any atom is 0.385 e. The standard InChI is InChI=1S/C12H15O5P/c1-15-18(14,11-7-8-12(13)16-9-11)17-10-5-3-2-4-6-10/h2-6,11H,7-9H2,1H3. The fourth-order valence-corrected chi connectivity index (χ4v) is 3.41. The smallest absolute Gasteiger partial charge is 0.385 e. The van der Waals surface area contributed by atoms with Crippen LogP contribution in [-0.4, -0.2) is 25.3 Å². The largest absolute Gasteiger partial charge is 0.465 e. The van der Waals surface area contributed by atoms with E-state index < -0.39 is 13.3 Å². The highest BCUT2D eigenvalue weighted by Gasteiger charge is 2.40. The summed E-state index contributed by atoms with van der Waals surface area (Å²) in [6.07, 6.45) is 0.701. The molecule has 1 saturated heterocycles. The molecule has 2 rings (SSSR count). The van der Waals surface area contributed by atoms with Crippen LogP contribution in [0.2, 0.25) is 0 Å². The number of rotatable bonds is 4. The van der Waals surface area contributed by atoms with Crippen molar-refractivity contribution in [1.82, 2.24) is 0 Å². The minimum Gasteiger partial charge on any atom is -0.465 e. The third-order valence-electron chi connectivity index (χ3n) is 2.80. The quantitative estimate of drug-likeness (QED) is 0.621. The van der Waals surface area contributed by atoms with Gasteiger partial charge >= 0.3 is 13.6 Å². The minimum atomic E-state index is -3.30. The van der Waals surface area contributed by atoms with Crippen LogP contribution in [0.5, 0.6) is 5.75 Å². The van der Waals surface area contributed by atoms with Crippen LogP contribution in [0.3, 0.4) is 0 Å². The second-order valence-electron chi connectivity index (χ2n) is 4.00. The first kappa shape index (κ1) is 13.1. The van der Waals surface area contributed by atoms with Crippen LogP contribution < -0.4 is 4.52 Å². The van der Waals surface area contributed by atoms with E-state index in [-0.39, 0.29) is 19.0 Å². The van der Waals surface area contributed by atoms with Crippen molar-refractivity contribution in [3.63, 3.8) is 0 Å².